The van der Waals surface area contributed by atoms with Gasteiger partial charge in [-0.15, -0.1) is 0 Å². The molecule has 142 valence electrons. The molecule has 1 unspecified atom stereocenters. The zero-order valence-corrected chi connectivity index (χ0v) is 15.0. The molecule has 0 bridgehead atoms. The predicted molar refractivity (Wildman–Crippen MR) is 99.0 cm³/mol. The van der Waals surface area contributed by atoms with Crippen LogP contribution in [0.1, 0.15) is 35.3 Å². The van der Waals surface area contributed by atoms with Crippen molar-refractivity contribution in [2.75, 3.05) is 5.73 Å². The van der Waals surface area contributed by atoms with Gasteiger partial charge in [-0.3, -0.25) is 4.79 Å². The molecule has 0 saturated heterocycles. The standard InChI is InChI=1S/C20H16FN3O4/c1-2-8-9-3-14(22)13(21)5-15(9)23-17-11(8)6-24-16(17)4-10-12(19(24)26)7-28-20(27)18(10)25/h3-5,18,25H,2,6-7,22H2,1H3. The van der Waals surface area contributed by atoms with Gasteiger partial charge in [0.25, 0.3) is 5.56 Å². The molecular formula is C20H16FN3O4. The number of carbonyl (C=O) groups is 1. The van der Waals surface area contributed by atoms with Gasteiger partial charge in [-0.05, 0) is 24.1 Å². The zero-order valence-electron chi connectivity index (χ0n) is 15.0. The van der Waals surface area contributed by atoms with Crippen molar-refractivity contribution < 1.29 is 19.0 Å². The fourth-order valence-corrected chi connectivity index (χ4v) is 4.15. The lowest BCUT2D eigenvalue weighted by Gasteiger charge is -2.21. The number of aliphatic hydroxyl groups is 1. The number of aryl methyl sites for hydroxylation is 1. The SMILES string of the molecule is CCc1c2c(nc3cc(F)c(N)cc13)-c1cc3c(c(=O)n1C2)COC(=O)C3O. The summed E-state index contributed by atoms with van der Waals surface area (Å²) in [5.41, 5.74) is 9.28. The van der Waals surface area contributed by atoms with E-state index in [4.69, 9.17) is 10.5 Å². The summed E-state index contributed by atoms with van der Waals surface area (Å²) < 4.78 is 20.5. The van der Waals surface area contributed by atoms with Crippen LogP contribution in [-0.4, -0.2) is 20.6 Å². The maximum Gasteiger partial charge on any atom is 0.340 e. The third-order valence-corrected chi connectivity index (χ3v) is 5.55. The summed E-state index contributed by atoms with van der Waals surface area (Å²) in [6, 6.07) is 4.47. The highest BCUT2D eigenvalue weighted by Crippen LogP contribution is 2.38. The minimum Gasteiger partial charge on any atom is -0.458 e. The number of rotatable bonds is 1. The Morgan fingerprint density at radius 3 is 2.86 bits per heavy atom. The molecule has 0 aliphatic carbocycles. The van der Waals surface area contributed by atoms with E-state index >= 15 is 0 Å². The monoisotopic (exact) mass is 381 g/mol. The Hall–Kier alpha value is -3.26. The van der Waals surface area contributed by atoms with Crippen LogP contribution >= 0.6 is 0 Å². The van der Waals surface area contributed by atoms with Crippen LogP contribution in [-0.2, 0) is 29.1 Å². The first-order valence-corrected chi connectivity index (χ1v) is 8.92. The number of ether oxygens (including phenoxy) is 1. The summed E-state index contributed by atoms with van der Waals surface area (Å²) in [7, 11) is 0. The van der Waals surface area contributed by atoms with Crippen LogP contribution in [0.25, 0.3) is 22.3 Å². The molecule has 0 saturated carbocycles. The van der Waals surface area contributed by atoms with Gasteiger partial charge in [0.05, 0.1) is 34.7 Å². The molecule has 2 aromatic heterocycles. The van der Waals surface area contributed by atoms with E-state index in [-0.39, 0.29) is 29.0 Å². The number of nitrogens with zero attached hydrogens (tertiary/aromatic N) is 2. The van der Waals surface area contributed by atoms with Gasteiger partial charge >= 0.3 is 5.97 Å². The largest absolute Gasteiger partial charge is 0.458 e. The Balaban J connectivity index is 1.84. The number of nitrogens with two attached hydrogens (primary N) is 1. The Morgan fingerprint density at radius 1 is 1.32 bits per heavy atom. The quantitative estimate of drug-likeness (QED) is 0.385. The number of benzene rings is 1. The maximum absolute atomic E-state index is 14.0. The second-order valence-corrected chi connectivity index (χ2v) is 7.03. The molecule has 5 rings (SSSR count). The van der Waals surface area contributed by atoms with Crippen LogP contribution in [0.4, 0.5) is 10.1 Å². The van der Waals surface area contributed by atoms with Crippen molar-refractivity contribution in [2.45, 2.75) is 32.6 Å². The highest BCUT2D eigenvalue weighted by molar-refractivity contribution is 5.90. The Kier molecular flexibility index (Phi) is 3.39. The summed E-state index contributed by atoms with van der Waals surface area (Å²) in [5.74, 6) is -1.34. The van der Waals surface area contributed by atoms with Crippen molar-refractivity contribution in [3.63, 3.8) is 0 Å². The number of cyclic esters (lactones) is 1. The molecular weight excluding hydrogens is 365 g/mol. The van der Waals surface area contributed by atoms with E-state index in [0.29, 0.717) is 29.9 Å². The van der Waals surface area contributed by atoms with E-state index in [2.05, 4.69) is 4.98 Å². The second-order valence-electron chi connectivity index (χ2n) is 7.03. The van der Waals surface area contributed by atoms with Crippen LogP contribution in [0, 0.1) is 5.82 Å². The molecule has 4 heterocycles. The number of hydrogen-bond donors (Lipinski definition) is 2. The molecule has 2 aliphatic rings. The first-order valence-electron chi connectivity index (χ1n) is 8.92. The molecule has 8 heteroatoms. The average Bonchev–Trinajstić information content (AvgIpc) is 3.03. The fourth-order valence-electron chi connectivity index (χ4n) is 4.15. The first kappa shape index (κ1) is 16.9. The number of hydrogen-bond acceptors (Lipinski definition) is 6. The van der Waals surface area contributed by atoms with Crippen molar-refractivity contribution in [1.82, 2.24) is 9.55 Å². The van der Waals surface area contributed by atoms with Crippen molar-refractivity contribution in [2.24, 2.45) is 0 Å². The van der Waals surface area contributed by atoms with Gasteiger partial charge in [0, 0.05) is 22.6 Å². The molecule has 0 spiro atoms. The van der Waals surface area contributed by atoms with E-state index in [9.17, 15) is 19.1 Å². The van der Waals surface area contributed by atoms with Crippen LogP contribution in [0.5, 0.6) is 0 Å². The van der Waals surface area contributed by atoms with E-state index in [1.165, 1.54) is 6.07 Å². The maximum atomic E-state index is 14.0. The highest BCUT2D eigenvalue weighted by Gasteiger charge is 2.34. The number of aromatic nitrogens is 2. The van der Waals surface area contributed by atoms with Gasteiger partial charge < -0.3 is 20.1 Å². The zero-order chi connectivity index (χ0) is 19.7. The normalized spacial score (nSPS) is 17.2. The third kappa shape index (κ3) is 2.09. The predicted octanol–water partition coefficient (Wildman–Crippen LogP) is 1.80. The molecule has 0 amide bonds. The van der Waals surface area contributed by atoms with E-state index in [1.54, 1.807) is 16.7 Å². The van der Waals surface area contributed by atoms with Gasteiger partial charge in [-0.2, -0.15) is 0 Å². The van der Waals surface area contributed by atoms with Gasteiger partial charge in [-0.1, -0.05) is 6.92 Å². The molecule has 0 fully saturated rings. The topological polar surface area (TPSA) is 107 Å². The van der Waals surface area contributed by atoms with Gasteiger partial charge in [0.1, 0.15) is 12.4 Å². The molecule has 1 atom stereocenters. The van der Waals surface area contributed by atoms with Crippen LogP contribution in [0.2, 0.25) is 0 Å². The first-order chi connectivity index (χ1) is 13.4. The van der Waals surface area contributed by atoms with Crippen molar-refractivity contribution in [3.05, 3.63) is 56.6 Å². The molecule has 7 nitrogen and oxygen atoms in total. The van der Waals surface area contributed by atoms with Crippen LogP contribution < -0.4 is 11.3 Å². The minimum atomic E-state index is -1.50. The minimum absolute atomic E-state index is 0.0471. The molecule has 28 heavy (non-hydrogen) atoms. The number of esters is 1. The molecule has 3 aromatic rings. The lowest BCUT2D eigenvalue weighted by atomic mass is 9.97. The third-order valence-electron chi connectivity index (χ3n) is 5.55. The number of anilines is 1. The van der Waals surface area contributed by atoms with Gasteiger partial charge in [0.15, 0.2) is 6.10 Å². The van der Waals surface area contributed by atoms with E-state index < -0.39 is 17.9 Å². The summed E-state index contributed by atoms with van der Waals surface area (Å²) >= 11 is 0. The van der Waals surface area contributed by atoms with Crippen molar-refractivity contribution in [3.8, 4) is 11.4 Å². The smallest absolute Gasteiger partial charge is 0.340 e. The fraction of sp³-hybridized carbons (Fsp3) is 0.250. The van der Waals surface area contributed by atoms with E-state index in [1.807, 2.05) is 6.92 Å². The molecule has 2 aliphatic heterocycles. The Labute approximate surface area is 158 Å². The lowest BCUT2D eigenvalue weighted by molar-refractivity contribution is -0.157. The average molecular weight is 381 g/mol. The number of nitrogen functional groups attached to an aromatic ring is 1. The van der Waals surface area contributed by atoms with Crippen LogP contribution in [0.3, 0.4) is 0 Å². The van der Waals surface area contributed by atoms with E-state index in [0.717, 1.165) is 16.5 Å². The Bertz CT molecular complexity index is 1270. The number of halogens is 1. The number of pyridine rings is 2. The molecule has 1 aromatic carbocycles. The number of aliphatic hydroxyl groups excluding tert-OH is 1. The highest BCUT2D eigenvalue weighted by atomic mass is 19.1. The summed E-state index contributed by atoms with van der Waals surface area (Å²) in [6.45, 7) is 2.12. The summed E-state index contributed by atoms with van der Waals surface area (Å²) in [6.07, 6.45) is -0.853. The second kappa shape index (κ2) is 5.62. The molecule has 3 N–H and O–H groups in total. The van der Waals surface area contributed by atoms with Crippen molar-refractivity contribution in [1.29, 1.82) is 0 Å². The number of fused-ring (bicyclic) bond motifs is 5. The number of carbonyl (C=O) groups excluding carboxylic acids is 1. The van der Waals surface area contributed by atoms with Gasteiger partial charge in [0.2, 0.25) is 0 Å². The van der Waals surface area contributed by atoms with Crippen molar-refractivity contribution >= 4 is 22.6 Å². The Morgan fingerprint density at radius 2 is 2.11 bits per heavy atom. The summed E-state index contributed by atoms with van der Waals surface area (Å²) in [4.78, 5) is 29.3. The molecule has 0 radical (unpaired) electrons. The summed E-state index contributed by atoms with van der Waals surface area (Å²) in [5, 5.41) is 10.9. The lowest BCUT2D eigenvalue weighted by Crippen LogP contribution is -2.32. The van der Waals surface area contributed by atoms with Crippen LogP contribution in [0.15, 0.2) is 23.0 Å². The van der Waals surface area contributed by atoms with Gasteiger partial charge in [-0.25, -0.2) is 14.2 Å².